The third-order valence-electron chi connectivity index (χ3n) is 1.57. The van der Waals surface area contributed by atoms with Crippen LogP contribution in [-0.4, -0.2) is 0 Å². The van der Waals surface area contributed by atoms with Crippen LogP contribution in [-0.2, 0) is 0 Å². The molecule has 0 fully saturated rings. The van der Waals surface area contributed by atoms with E-state index in [4.69, 9.17) is 4.42 Å². The highest BCUT2D eigenvalue weighted by Crippen LogP contribution is 2.06. The van der Waals surface area contributed by atoms with Crippen LogP contribution in [0.2, 0.25) is 0 Å². The van der Waals surface area contributed by atoms with E-state index in [1.54, 1.807) is 12.1 Å². The standard InChI is InChI=1S/C9H6O2.3ClH/c10-8-5-6-11-9-4-2-1-3-7(8)9;;;/h1-6H;3*1H. The summed E-state index contributed by atoms with van der Waals surface area (Å²) in [6, 6.07) is 8.60. The highest BCUT2D eigenvalue weighted by atomic mass is 35.5. The van der Waals surface area contributed by atoms with Gasteiger partial charge >= 0.3 is 0 Å². The Bertz CT molecular complexity index is 434. The monoisotopic (exact) mass is 254 g/mol. The third kappa shape index (κ3) is 2.91. The van der Waals surface area contributed by atoms with Crippen molar-refractivity contribution in [2.75, 3.05) is 0 Å². The molecule has 0 aliphatic carbocycles. The summed E-state index contributed by atoms with van der Waals surface area (Å²) < 4.78 is 5.09. The van der Waals surface area contributed by atoms with E-state index in [1.165, 1.54) is 12.3 Å². The van der Waals surface area contributed by atoms with Crippen molar-refractivity contribution < 1.29 is 4.42 Å². The molecule has 1 aromatic carbocycles. The first-order valence-electron chi connectivity index (χ1n) is 3.34. The molecular weight excluding hydrogens is 246 g/mol. The predicted molar refractivity (Wildman–Crippen MR) is 64.2 cm³/mol. The Morgan fingerprint density at radius 1 is 0.929 bits per heavy atom. The minimum absolute atomic E-state index is 0. The molecule has 0 radical (unpaired) electrons. The van der Waals surface area contributed by atoms with Crippen molar-refractivity contribution in [2.45, 2.75) is 0 Å². The van der Waals surface area contributed by atoms with Crippen LogP contribution >= 0.6 is 37.2 Å². The van der Waals surface area contributed by atoms with Gasteiger partial charge in [0.05, 0.1) is 11.6 Å². The first kappa shape index (κ1) is 15.8. The SMILES string of the molecule is Cl.Cl.Cl.O=c1ccoc2ccccc12. The lowest BCUT2D eigenvalue weighted by atomic mass is 10.2. The molecule has 0 unspecified atom stereocenters. The lowest BCUT2D eigenvalue weighted by Crippen LogP contribution is -1.96. The van der Waals surface area contributed by atoms with E-state index in [1.807, 2.05) is 12.1 Å². The molecule has 0 atom stereocenters. The third-order valence-corrected chi connectivity index (χ3v) is 1.57. The van der Waals surface area contributed by atoms with E-state index in [9.17, 15) is 4.79 Å². The quantitative estimate of drug-likeness (QED) is 0.724. The summed E-state index contributed by atoms with van der Waals surface area (Å²) in [5, 5.41) is 0.634. The van der Waals surface area contributed by atoms with Gasteiger partial charge in [0, 0.05) is 6.07 Å². The van der Waals surface area contributed by atoms with Crippen molar-refractivity contribution >= 4 is 48.2 Å². The van der Waals surface area contributed by atoms with E-state index in [0.29, 0.717) is 11.0 Å². The van der Waals surface area contributed by atoms with Gasteiger partial charge in [-0.15, -0.1) is 37.2 Å². The second-order valence-electron chi connectivity index (χ2n) is 2.28. The summed E-state index contributed by atoms with van der Waals surface area (Å²) in [4.78, 5) is 11.1. The summed E-state index contributed by atoms with van der Waals surface area (Å²) >= 11 is 0. The highest BCUT2D eigenvalue weighted by Gasteiger charge is 1.95. The van der Waals surface area contributed by atoms with Gasteiger partial charge < -0.3 is 4.42 Å². The van der Waals surface area contributed by atoms with Crippen LogP contribution < -0.4 is 5.43 Å². The average Bonchev–Trinajstić information content (AvgIpc) is 2.06. The molecule has 0 aliphatic rings. The Hall–Kier alpha value is -0.700. The van der Waals surface area contributed by atoms with Gasteiger partial charge in [-0.1, -0.05) is 12.1 Å². The Kier molecular flexibility index (Phi) is 7.55. The van der Waals surface area contributed by atoms with Gasteiger partial charge in [-0.2, -0.15) is 0 Å². The molecule has 0 N–H and O–H groups in total. The van der Waals surface area contributed by atoms with Gasteiger partial charge in [0.25, 0.3) is 0 Å². The highest BCUT2D eigenvalue weighted by molar-refractivity contribution is 5.86. The van der Waals surface area contributed by atoms with Crippen molar-refractivity contribution in [3.05, 3.63) is 46.8 Å². The van der Waals surface area contributed by atoms with Crippen molar-refractivity contribution in [1.29, 1.82) is 0 Å². The van der Waals surface area contributed by atoms with E-state index >= 15 is 0 Å². The Morgan fingerprint density at radius 3 is 2.21 bits per heavy atom. The van der Waals surface area contributed by atoms with Crippen LogP contribution in [0.15, 0.2) is 45.8 Å². The largest absolute Gasteiger partial charge is 0.464 e. The van der Waals surface area contributed by atoms with Crippen LogP contribution in [0.3, 0.4) is 0 Å². The van der Waals surface area contributed by atoms with E-state index in [-0.39, 0.29) is 42.6 Å². The summed E-state index contributed by atoms with van der Waals surface area (Å²) in [5.74, 6) is 0. The van der Waals surface area contributed by atoms with Crippen LogP contribution in [0.4, 0.5) is 0 Å². The molecule has 2 aromatic rings. The lowest BCUT2D eigenvalue weighted by Gasteiger charge is -1.91. The molecule has 0 saturated carbocycles. The molecule has 2 rings (SSSR count). The zero-order valence-electron chi connectivity index (χ0n) is 7.01. The summed E-state index contributed by atoms with van der Waals surface area (Å²) in [5.41, 5.74) is 0.645. The van der Waals surface area contributed by atoms with Crippen molar-refractivity contribution in [2.24, 2.45) is 0 Å². The van der Waals surface area contributed by atoms with Gasteiger partial charge in [0.2, 0.25) is 0 Å². The topological polar surface area (TPSA) is 30.2 Å². The zero-order valence-corrected chi connectivity index (χ0v) is 9.45. The normalized spacial score (nSPS) is 8.00. The lowest BCUT2D eigenvalue weighted by molar-refractivity contribution is 0.602. The van der Waals surface area contributed by atoms with Gasteiger partial charge in [-0.25, -0.2) is 0 Å². The van der Waals surface area contributed by atoms with Crippen LogP contribution in [0.5, 0.6) is 0 Å². The second kappa shape index (κ2) is 6.71. The maximum absolute atomic E-state index is 11.1. The second-order valence-corrected chi connectivity index (χ2v) is 2.28. The number of rotatable bonds is 0. The summed E-state index contributed by atoms with van der Waals surface area (Å²) in [6.45, 7) is 0. The molecule has 0 bridgehead atoms. The molecule has 0 saturated heterocycles. The van der Waals surface area contributed by atoms with Crippen LogP contribution in [0.25, 0.3) is 11.0 Å². The minimum atomic E-state index is 0. The van der Waals surface area contributed by atoms with E-state index in [2.05, 4.69) is 0 Å². The van der Waals surface area contributed by atoms with Gasteiger partial charge in [-0.3, -0.25) is 4.79 Å². The predicted octanol–water partition coefficient (Wildman–Crippen LogP) is 3.06. The molecular formula is C9H9Cl3O2. The molecule has 78 valence electrons. The zero-order chi connectivity index (χ0) is 7.68. The Labute approximate surface area is 99.5 Å². The Balaban J connectivity index is 0. The van der Waals surface area contributed by atoms with Gasteiger partial charge in [0.1, 0.15) is 5.58 Å². The molecule has 1 aromatic heterocycles. The van der Waals surface area contributed by atoms with Crippen LogP contribution in [0, 0.1) is 0 Å². The number of fused-ring (bicyclic) bond motifs is 1. The fourth-order valence-electron chi connectivity index (χ4n) is 1.03. The molecule has 5 heteroatoms. The number of hydrogen-bond acceptors (Lipinski definition) is 2. The number of halogens is 3. The van der Waals surface area contributed by atoms with E-state index < -0.39 is 0 Å². The van der Waals surface area contributed by atoms with Gasteiger partial charge in [-0.05, 0) is 12.1 Å². The maximum atomic E-state index is 11.1. The maximum Gasteiger partial charge on any atom is 0.192 e. The van der Waals surface area contributed by atoms with Crippen LogP contribution in [0.1, 0.15) is 0 Å². The van der Waals surface area contributed by atoms with Crippen molar-refractivity contribution in [1.82, 2.24) is 0 Å². The van der Waals surface area contributed by atoms with Gasteiger partial charge in [0.15, 0.2) is 5.43 Å². The average molecular weight is 256 g/mol. The molecule has 1 heterocycles. The molecule has 2 nitrogen and oxygen atoms in total. The molecule has 0 amide bonds. The van der Waals surface area contributed by atoms with Crippen molar-refractivity contribution in [3.63, 3.8) is 0 Å². The van der Waals surface area contributed by atoms with E-state index in [0.717, 1.165) is 0 Å². The van der Waals surface area contributed by atoms with Crippen molar-refractivity contribution in [3.8, 4) is 0 Å². The number of para-hydroxylation sites is 1. The first-order valence-corrected chi connectivity index (χ1v) is 3.34. The minimum Gasteiger partial charge on any atom is -0.464 e. The smallest absolute Gasteiger partial charge is 0.192 e. The number of benzene rings is 1. The summed E-state index contributed by atoms with van der Waals surface area (Å²) in [7, 11) is 0. The summed E-state index contributed by atoms with van der Waals surface area (Å²) in [6.07, 6.45) is 1.41. The number of hydrogen-bond donors (Lipinski definition) is 0. The first-order chi connectivity index (χ1) is 5.38. The molecule has 0 spiro atoms. The fraction of sp³-hybridized carbons (Fsp3) is 0. The Morgan fingerprint density at radius 2 is 1.57 bits per heavy atom. The molecule has 0 aliphatic heterocycles. The fourth-order valence-corrected chi connectivity index (χ4v) is 1.03. The molecule has 14 heavy (non-hydrogen) atoms.